The number of hydrogen-bond acceptors (Lipinski definition) is 7. The van der Waals surface area contributed by atoms with Crippen LogP contribution in [0.15, 0.2) is 48.8 Å². The lowest BCUT2D eigenvalue weighted by Crippen LogP contribution is -2.13. The minimum absolute atomic E-state index is 0.247. The number of nitrogens with zero attached hydrogens (tertiary/aromatic N) is 6. The molecule has 4 rings (SSSR count). The Hall–Kier alpha value is -3.20. The third kappa shape index (κ3) is 2.64. The number of nitrogens with one attached hydrogen (secondary N) is 1. The Morgan fingerprint density at radius 2 is 2.09 bits per heavy atom. The minimum Gasteiger partial charge on any atom is -0.306 e. The Bertz CT molecular complexity index is 980. The SMILES string of the molecule is O=C(Nc1cc(-n2cncn2)ncn1)c1ccc2ncsc2c1. The summed E-state index contributed by atoms with van der Waals surface area (Å²) in [4.78, 5) is 28.5. The van der Waals surface area contributed by atoms with E-state index in [-0.39, 0.29) is 5.91 Å². The zero-order valence-electron chi connectivity index (χ0n) is 11.6. The van der Waals surface area contributed by atoms with Crippen molar-refractivity contribution in [2.24, 2.45) is 0 Å². The molecule has 0 saturated heterocycles. The molecule has 23 heavy (non-hydrogen) atoms. The van der Waals surface area contributed by atoms with Crippen LogP contribution in [0.1, 0.15) is 10.4 Å². The average molecular weight is 323 g/mol. The van der Waals surface area contributed by atoms with E-state index in [1.54, 1.807) is 17.6 Å². The first-order valence-electron chi connectivity index (χ1n) is 6.61. The lowest BCUT2D eigenvalue weighted by Gasteiger charge is -2.06. The molecule has 8 nitrogen and oxygen atoms in total. The third-order valence-corrected chi connectivity index (χ3v) is 3.93. The summed E-state index contributed by atoms with van der Waals surface area (Å²) < 4.78 is 2.45. The van der Waals surface area contributed by atoms with Gasteiger partial charge in [-0.3, -0.25) is 4.79 Å². The number of fused-ring (bicyclic) bond motifs is 1. The standard InChI is InChI=1S/C14H9N7OS/c22-14(9-1-2-10-11(3-9)23-8-18-10)20-12-4-13(17-6-16-12)21-7-15-5-19-21/h1-8H,(H,16,17,20,22). The summed E-state index contributed by atoms with van der Waals surface area (Å²) in [7, 11) is 0. The zero-order valence-corrected chi connectivity index (χ0v) is 12.4. The van der Waals surface area contributed by atoms with Crippen molar-refractivity contribution in [3.63, 3.8) is 0 Å². The Labute approximate surface area is 133 Å². The van der Waals surface area contributed by atoms with Crippen LogP contribution in [0.3, 0.4) is 0 Å². The first-order valence-corrected chi connectivity index (χ1v) is 7.49. The molecule has 0 spiro atoms. The van der Waals surface area contributed by atoms with Crippen molar-refractivity contribution in [3.05, 3.63) is 54.3 Å². The lowest BCUT2D eigenvalue weighted by molar-refractivity contribution is 0.102. The molecule has 1 N–H and O–H groups in total. The molecule has 0 fully saturated rings. The van der Waals surface area contributed by atoms with Gasteiger partial charge in [0.05, 0.1) is 15.7 Å². The first-order chi connectivity index (χ1) is 11.3. The predicted octanol–water partition coefficient (Wildman–Crippen LogP) is 1.92. The van der Waals surface area contributed by atoms with E-state index < -0.39 is 0 Å². The monoisotopic (exact) mass is 323 g/mol. The molecule has 9 heteroatoms. The highest BCUT2D eigenvalue weighted by molar-refractivity contribution is 7.16. The maximum absolute atomic E-state index is 12.4. The maximum Gasteiger partial charge on any atom is 0.256 e. The summed E-state index contributed by atoms with van der Waals surface area (Å²) >= 11 is 1.49. The largest absolute Gasteiger partial charge is 0.306 e. The number of carbonyl (C=O) groups excluding carboxylic acids is 1. The maximum atomic E-state index is 12.4. The van der Waals surface area contributed by atoms with Crippen LogP contribution in [0.25, 0.3) is 16.0 Å². The number of hydrogen-bond donors (Lipinski definition) is 1. The molecular formula is C14H9N7OS. The van der Waals surface area contributed by atoms with Gasteiger partial charge < -0.3 is 5.32 Å². The number of rotatable bonds is 3. The highest BCUT2D eigenvalue weighted by Gasteiger charge is 2.10. The van der Waals surface area contributed by atoms with Crippen LogP contribution < -0.4 is 5.32 Å². The molecule has 0 aliphatic heterocycles. The molecule has 4 aromatic rings. The Morgan fingerprint density at radius 3 is 2.96 bits per heavy atom. The normalized spacial score (nSPS) is 10.8. The Morgan fingerprint density at radius 1 is 1.13 bits per heavy atom. The van der Waals surface area contributed by atoms with Gasteiger partial charge in [0.15, 0.2) is 5.82 Å². The van der Waals surface area contributed by atoms with Crippen molar-refractivity contribution in [3.8, 4) is 5.82 Å². The molecule has 3 heterocycles. The molecule has 0 unspecified atom stereocenters. The van der Waals surface area contributed by atoms with Gasteiger partial charge in [-0.2, -0.15) is 5.10 Å². The summed E-state index contributed by atoms with van der Waals surface area (Å²) in [5, 5.41) is 6.74. The fraction of sp³-hybridized carbons (Fsp3) is 0. The molecule has 0 bridgehead atoms. The van der Waals surface area contributed by atoms with Crippen molar-refractivity contribution in [1.29, 1.82) is 0 Å². The smallest absolute Gasteiger partial charge is 0.256 e. The van der Waals surface area contributed by atoms with Gasteiger partial charge in [-0.05, 0) is 18.2 Å². The predicted molar refractivity (Wildman–Crippen MR) is 84.5 cm³/mol. The van der Waals surface area contributed by atoms with Crippen LogP contribution in [0.2, 0.25) is 0 Å². The van der Waals surface area contributed by atoms with Gasteiger partial charge in [0.2, 0.25) is 0 Å². The molecule has 1 amide bonds. The van der Waals surface area contributed by atoms with Crippen LogP contribution in [-0.2, 0) is 0 Å². The number of benzene rings is 1. The molecular weight excluding hydrogens is 314 g/mol. The first kappa shape index (κ1) is 13.5. The van der Waals surface area contributed by atoms with Gasteiger partial charge in [-0.25, -0.2) is 24.6 Å². The fourth-order valence-electron chi connectivity index (χ4n) is 2.05. The van der Waals surface area contributed by atoms with Crippen molar-refractivity contribution in [1.82, 2.24) is 29.7 Å². The molecule has 112 valence electrons. The number of anilines is 1. The number of amides is 1. The number of thiazole rings is 1. The van der Waals surface area contributed by atoms with Crippen LogP contribution in [0, 0.1) is 0 Å². The van der Waals surface area contributed by atoms with Gasteiger partial charge in [0.1, 0.15) is 24.8 Å². The van der Waals surface area contributed by atoms with Crippen molar-refractivity contribution in [2.75, 3.05) is 5.32 Å². The lowest BCUT2D eigenvalue weighted by atomic mass is 10.2. The summed E-state index contributed by atoms with van der Waals surface area (Å²) in [6.45, 7) is 0. The number of carbonyl (C=O) groups is 1. The summed E-state index contributed by atoms with van der Waals surface area (Å²) in [6, 6.07) is 6.98. The van der Waals surface area contributed by atoms with Crippen molar-refractivity contribution in [2.45, 2.75) is 0 Å². The van der Waals surface area contributed by atoms with Gasteiger partial charge in [-0.15, -0.1) is 11.3 Å². The molecule has 0 atom stereocenters. The summed E-state index contributed by atoms with van der Waals surface area (Å²) in [5.41, 5.74) is 3.17. The van der Waals surface area contributed by atoms with Gasteiger partial charge >= 0.3 is 0 Å². The van der Waals surface area contributed by atoms with Crippen LogP contribution in [0.5, 0.6) is 0 Å². The molecule has 0 saturated carbocycles. The van der Waals surface area contributed by atoms with E-state index in [1.165, 1.54) is 35.0 Å². The zero-order chi connectivity index (χ0) is 15.6. The molecule has 1 aromatic carbocycles. The summed E-state index contributed by atoms with van der Waals surface area (Å²) in [5.74, 6) is 0.661. The Kier molecular flexibility index (Phi) is 3.24. The topological polar surface area (TPSA) is 98.5 Å². The quantitative estimate of drug-likeness (QED) is 0.618. The summed E-state index contributed by atoms with van der Waals surface area (Å²) in [6.07, 6.45) is 4.29. The molecule has 0 aliphatic carbocycles. The van der Waals surface area contributed by atoms with Crippen LogP contribution in [0.4, 0.5) is 5.82 Å². The molecule has 0 aliphatic rings. The van der Waals surface area contributed by atoms with Crippen molar-refractivity contribution >= 4 is 33.3 Å². The second-order valence-electron chi connectivity index (χ2n) is 4.59. The van der Waals surface area contributed by atoms with Crippen molar-refractivity contribution < 1.29 is 4.79 Å². The fourth-order valence-corrected chi connectivity index (χ4v) is 2.77. The van der Waals surface area contributed by atoms with E-state index in [0.29, 0.717) is 17.2 Å². The van der Waals surface area contributed by atoms with Crippen LogP contribution >= 0.6 is 11.3 Å². The second kappa shape index (κ2) is 5.54. The minimum atomic E-state index is -0.247. The van der Waals surface area contributed by atoms with Gasteiger partial charge in [-0.1, -0.05) is 0 Å². The highest BCUT2D eigenvalue weighted by atomic mass is 32.1. The van der Waals surface area contributed by atoms with Crippen LogP contribution in [-0.4, -0.2) is 35.6 Å². The van der Waals surface area contributed by atoms with Gasteiger partial charge in [0.25, 0.3) is 5.91 Å². The van der Waals surface area contributed by atoms with E-state index in [9.17, 15) is 4.79 Å². The van der Waals surface area contributed by atoms with E-state index in [2.05, 4.69) is 30.4 Å². The Balaban J connectivity index is 1.59. The second-order valence-corrected chi connectivity index (χ2v) is 5.48. The molecule has 3 aromatic heterocycles. The highest BCUT2D eigenvalue weighted by Crippen LogP contribution is 2.19. The number of aromatic nitrogens is 6. The van der Waals surface area contributed by atoms with E-state index >= 15 is 0 Å². The average Bonchev–Trinajstić information content (AvgIpc) is 3.26. The van der Waals surface area contributed by atoms with E-state index in [0.717, 1.165) is 10.2 Å². The third-order valence-electron chi connectivity index (χ3n) is 3.14. The van der Waals surface area contributed by atoms with E-state index in [1.807, 2.05) is 12.1 Å². The molecule has 0 radical (unpaired) electrons. The van der Waals surface area contributed by atoms with E-state index in [4.69, 9.17) is 0 Å². The van der Waals surface area contributed by atoms with Gasteiger partial charge in [0, 0.05) is 11.6 Å².